The van der Waals surface area contributed by atoms with E-state index in [2.05, 4.69) is 11.3 Å². The molecule has 0 aromatic rings. The van der Waals surface area contributed by atoms with Crippen LogP contribution in [0.3, 0.4) is 0 Å². The number of hydrogen-bond donors (Lipinski definition) is 2. The van der Waals surface area contributed by atoms with Crippen LogP contribution in [0.25, 0.3) is 0 Å². The number of aliphatic hydroxyl groups excluding tert-OH is 2. The van der Waals surface area contributed by atoms with Gasteiger partial charge in [0, 0.05) is 0 Å². The number of rotatable bonds is 7. The summed E-state index contributed by atoms with van der Waals surface area (Å²) >= 11 is 0. The summed E-state index contributed by atoms with van der Waals surface area (Å²) in [4.78, 5) is 10.8. The zero-order chi connectivity index (χ0) is 10.1. The predicted molar refractivity (Wildman–Crippen MR) is 44.8 cm³/mol. The van der Waals surface area contributed by atoms with Gasteiger partial charge in [-0.1, -0.05) is 6.08 Å². The van der Waals surface area contributed by atoms with E-state index in [4.69, 9.17) is 14.9 Å². The van der Waals surface area contributed by atoms with Gasteiger partial charge in [0.15, 0.2) is 6.79 Å². The fourth-order valence-corrected chi connectivity index (χ4v) is 0.697. The monoisotopic (exact) mass is 190 g/mol. The molecule has 2 N–H and O–H groups in total. The highest BCUT2D eigenvalue weighted by molar-refractivity contribution is 5.69. The lowest BCUT2D eigenvalue weighted by molar-refractivity contribution is -0.155. The van der Waals surface area contributed by atoms with Gasteiger partial charge in [-0.15, -0.1) is 6.58 Å². The molecule has 0 bridgehead atoms. The Bertz CT molecular complexity index is 157. The molecule has 0 amide bonds. The summed E-state index contributed by atoms with van der Waals surface area (Å²) < 4.78 is 9.26. The summed E-state index contributed by atoms with van der Waals surface area (Å²) in [6.07, 6.45) is 0.835. The van der Waals surface area contributed by atoms with E-state index in [-0.39, 0.29) is 19.6 Å². The second kappa shape index (κ2) is 7.72. The van der Waals surface area contributed by atoms with E-state index in [1.165, 1.54) is 6.08 Å². The van der Waals surface area contributed by atoms with E-state index in [1.54, 1.807) is 0 Å². The van der Waals surface area contributed by atoms with Crippen LogP contribution in [0.5, 0.6) is 0 Å². The number of hydrogen-bond acceptors (Lipinski definition) is 5. The van der Waals surface area contributed by atoms with Crippen molar-refractivity contribution < 1.29 is 24.5 Å². The van der Waals surface area contributed by atoms with E-state index in [1.807, 2.05) is 0 Å². The second-order valence-corrected chi connectivity index (χ2v) is 2.28. The number of ether oxygens (including phenoxy) is 2. The van der Waals surface area contributed by atoms with Gasteiger partial charge in [-0.05, 0) is 0 Å². The normalized spacial score (nSPS) is 12.2. The Hall–Kier alpha value is -0.910. The second-order valence-electron chi connectivity index (χ2n) is 2.28. The topological polar surface area (TPSA) is 76.0 Å². The molecule has 0 aliphatic heterocycles. The fraction of sp³-hybridized carbons (Fsp3) is 0.625. The first kappa shape index (κ1) is 12.1. The minimum atomic E-state index is -0.654. The number of carbonyl (C=O) groups is 1. The van der Waals surface area contributed by atoms with Gasteiger partial charge >= 0.3 is 5.97 Å². The molecule has 13 heavy (non-hydrogen) atoms. The number of carbonyl (C=O) groups excluding carboxylic acids is 1. The minimum absolute atomic E-state index is 0.0785. The first-order chi connectivity index (χ1) is 6.24. The van der Waals surface area contributed by atoms with Gasteiger partial charge in [-0.3, -0.25) is 4.79 Å². The molecule has 1 unspecified atom stereocenters. The van der Waals surface area contributed by atoms with Crippen molar-refractivity contribution in [1.82, 2.24) is 0 Å². The maximum Gasteiger partial charge on any atom is 0.310 e. The largest absolute Gasteiger partial charge is 0.439 e. The lowest BCUT2D eigenvalue weighted by Crippen LogP contribution is -2.23. The van der Waals surface area contributed by atoms with Crippen molar-refractivity contribution >= 4 is 5.97 Å². The lowest BCUT2D eigenvalue weighted by atomic mass is 10.3. The van der Waals surface area contributed by atoms with E-state index >= 15 is 0 Å². The van der Waals surface area contributed by atoms with Crippen LogP contribution in [0.2, 0.25) is 0 Å². The molecular weight excluding hydrogens is 176 g/mol. The van der Waals surface area contributed by atoms with Gasteiger partial charge in [0.25, 0.3) is 0 Å². The van der Waals surface area contributed by atoms with Crippen LogP contribution in [0.15, 0.2) is 12.7 Å². The molecule has 1 atom stereocenters. The molecule has 0 saturated carbocycles. The third-order valence-electron chi connectivity index (χ3n) is 1.27. The maximum absolute atomic E-state index is 10.8. The van der Waals surface area contributed by atoms with Gasteiger partial charge < -0.3 is 19.7 Å². The van der Waals surface area contributed by atoms with Crippen LogP contribution in [0.4, 0.5) is 0 Å². The Labute approximate surface area is 76.6 Å². The molecule has 0 rings (SSSR count). The summed E-state index contributed by atoms with van der Waals surface area (Å²) in [5, 5.41) is 17.0. The summed E-state index contributed by atoms with van der Waals surface area (Å²) in [6.45, 7) is 2.76. The molecule has 0 radical (unpaired) electrons. The van der Waals surface area contributed by atoms with E-state index in [0.717, 1.165) is 0 Å². The SMILES string of the molecule is C=CCOC(CO)CC(=O)OCO. The highest BCUT2D eigenvalue weighted by Gasteiger charge is 2.13. The van der Waals surface area contributed by atoms with Crippen LogP contribution in [0, 0.1) is 0 Å². The molecule has 5 nitrogen and oxygen atoms in total. The number of aliphatic hydroxyl groups is 2. The smallest absolute Gasteiger partial charge is 0.310 e. The Morgan fingerprint density at radius 1 is 1.54 bits per heavy atom. The predicted octanol–water partition coefficient (Wildman–Crippen LogP) is -0.567. The van der Waals surface area contributed by atoms with E-state index in [9.17, 15) is 4.79 Å². The molecule has 0 aromatic carbocycles. The Kier molecular flexibility index (Phi) is 7.18. The molecule has 0 spiro atoms. The average Bonchev–Trinajstić information content (AvgIpc) is 2.12. The third-order valence-corrected chi connectivity index (χ3v) is 1.27. The fourth-order valence-electron chi connectivity index (χ4n) is 0.697. The number of esters is 1. The Morgan fingerprint density at radius 3 is 2.69 bits per heavy atom. The molecule has 0 saturated heterocycles. The first-order valence-corrected chi connectivity index (χ1v) is 3.84. The van der Waals surface area contributed by atoms with Crippen LogP contribution >= 0.6 is 0 Å². The molecule has 0 aliphatic carbocycles. The van der Waals surface area contributed by atoms with E-state index in [0.29, 0.717) is 0 Å². The highest BCUT2D eigenvalue weighted by atomic mass is 16.6. The zero-order valence-corrected chi connectivity index (χ0v) is 7.31. The van der Waals surface area contributed by atoms with Crippen molar-refractivity contribution in [1.29, 1.82) is 0 Å². The Balaban J connectivity index is 3.68. The molecule has 0 heterocycles. The summed E-state index contributed by atoms with van der Waals surface area (Å²) in [7, 11) is 0. The van der Waals surface area contributed by atoms with Crippen LogP contribution < -0.4 is 0 Å². The molecule has 76 valence electrons. The zero-order valence-electron chi connectivity index (χ0n) is 7.31. The quantitative estimate of drug-likeness (QED) is 0.319. The minimum Gasteiger partial charge on any atom is -0.439 e. The van der Waals surface area contributed by atoms with Gasteiger partial charge in [0.2, 0.25) is 0 Å². The first-order valence-electron chi connectivity index (χ1n) is 3.84. The standard InChI is InChI=1S/C8H14O5/c1-2-3-12-7(5-9)4-8(11)13-6-10/h2,7,9-10H,1,3-6H2. The van der Waals surface area contributed by atoms with Crippen LogP contribution in [0.1, 0.15) is 6.42 Å². The molecule has 0 aromatic heterocycles. The van der Waals surface area contributed by atoms with Crippen LogP contribution in [-0.2, 0) is 14.3 Å². The van der Waals surface area contributed by atoms with Gasteiger partial charge in [-0.2, -0.15) is 0 Å². The van der Waals surface area contributed by atoms with Gasteiger partial charge in [0.05, 0.1) is 25.7 Å². The van der Waals surface area contributed by atoms with Gasteiger partial charge in [-0.25, -0.2) is 0 Å². The summed E-state index contributed by atoms with van der Waals surface area (Å²) in [5.74, 6) is -0.606. The van der Waals surface area contributed by atoms with Crippen molar-refractivity contribution in [2.45, 2.75) is 12.5 Å². The van der Waals surface area contributed by atoms with Crippen molar-refractivity contribution in [2.75, 3.05) is 20.0 Å². The third kappa shape index (κ3) is 6.27. The van der Waals surface area contributed by atoms with Crippen molar-refractivity contribution in [3.63, 3.8) is 0 Å². The van der Waals surface area contributed by atoms with Crippen molar-refractivity contribution in [3.05, 3.63) is 12.7 Å². The summed E-state index contributed by atoms with van der Waals surface area (Å²) in [6, 6.07) is 0. The van der Waals surface area contributed by atoms with E-state index < -0.39 is 18.9 Å². The molecule has 0 aliphatic rings. The lowest BCUT2D eigenvalue weighted by Gasteiger charge is -2.12. The van der Waals surface area contributed by atoms with Gasteiger partial charge in [0.1, 0.15) is 0 Å². The highest BCUT2D eigenvalue weighted by Crippen LogP contribution is 1.99. The maximum atomic E-state index is 10.8. The van der Waals surface area contributed by atoms with Crippen molar-refractivity contribution in [3.8, 4) is 0 Å². The molecular formula is C8H14O5. The van der Waals surface area contributed by atoms with Crippen molar-refractivity contribution in [2.24, 2.45) is 0 Å². The van der Waals surface area contributed by atoms with Crippen LogP contribution in [-0.4, -0.2) is 42.3 Å². The molecule has 0 fully saturated rings. The molecule has 5 heteroatoms. The summed E-state index contributed by atoms with van der Waals surface area (Å²) in [5.41, 5.74) is 0. The average molecular weight is 190 g/mol. The Morgan fingerprint density at radius 2 is 2.23 bits per heavy atom.